The van der Waals surface area contributed by atoms with Crippen LogP contribution in [0.15, 0.2) is 23.2 Å². The highest BCUT2D eigenvalue weighted by atomic mass is 127. The summed E-state index contributed by atoms with van der Waals surface area (Å²) in [5, 5.41) is 6.71. The minimum atomic E-state index is -3.16. The molecule has 0 radical (unpaired) electrons. The summed E-state index contributed by atoms with van der Waals surface area (Å²) in [7, 11) is -1.51. The number of aliphatic imine (C=N–C) groups is 1. The number of benzene rings is 1. The Morgan fingerprint density at radius 1 is 1.27 bits per heavy atom. The standard InChI is InChI=1S/C16H26ClFN4O2S.HI/c1-16(2,13-7-6-12(18)10-14(13)17)11-21-15(19-3)20-8-5-9-22-25(4,23)24;/h6-7,10,22H,5,8-9,11H2,1-4H3,(H2,19,20,21);1H. The Hall–Kier alpha value is -0.650. The molecule has 26 heavy (non-hydrogen) atoms. The first-order valence-corrected chi connectivity index (χ1v) is 10.2. The quantitative estimate of drug-likeness (QED) is 0.213. The largest absolute Gasteiger partial charge is 0.356 e. The van der Waals surface area contributed by atoms with E-state index < -0.39 is 10.0 Å². The molecule has 1 rings (SSSR count). The fourth-order valence-corrected chi connectivity index (χ4v) is 3.15. The van der Waals surface area contributed by atoms with Gasteiger partial charge in [0.25, 0.3) is 0 Å². The summed E-state index contributed by atoms with van der Waals surface area (Å²) < 4.78 is 37.6. The highest BCUT2D eigenvalue weighted by Gasteiger charge is 2.24. The van der Waals surface area contributed by atoms with E-state index in [1.807, 2.05) is 13.8 Å². The van der Waals surface area contributed by atoms with Gasteiger partial charge in [-0.25, -0.2) is 17.5 Å². The maximum atomic E-state index is 13.2. The Labute approximate surface area is 177 Å². The molecule has 0 heterocycles. The summed E-state index contributed by atoms with van der Waals surface area (Å²) in [4.78, 5) is 4.13. The van der Waals surface area contributed by atoms with E-state index in [9.17, 15) is 12.8 Å². The fraction of sp³-hybridized carbons (Fsp3) is 0.562. The number of guanidine groups is 1. The number of sulfonamides is 1. The third-order valence-electron chi connectivity index (χ3n) is 3.59. The Morgan fingerprint density at radius 3 is 2.46 bits per heavy atom. The molecule has 0 saturated carbocycles. The van der Waals surface area contributed by atoms with Gasteiger partial charge in [0.15, 0.2) is 5.96 Å². The monoisotopic (exact) mass is 520 g/mol. The zero-order valence-electron chi connectivity index (χ0n) is 15.4. The molecule has 1 aromatic carbocycles. The molecule has 0 aliphatic carbocycles. The Morgan fingerprint density at radius 2 is 1.92 bits per heavy atom. The topological polar surface area (TPSA) is 82.6 Å². The molecule has 0 aliphatic rings. The molecule has 6 nitrogen and oxygen atoms in total. The molecule has 0 spiro atoms. The van der Waals surface area contributed by atoms with Gasteiger partial charge < -0.3 is 10.6 Å². The zero-order valence-corrected chi connectivity index (χ0v) is 19.3. The number of rotatable bonds is 8. The van der Waals surface area contributed by atoms with Gasteiger partial charge in [0.2, 0.25) is 10.0 Å². The first kappa shape index (κ1) is 25.4. The molecule has 10 heteroatoms. The molecule has 0 atom stereocenters. The molecule has 0 fully saturated rings. The van der Waals surface area contributed by atoms with Gasteiger partial charge in [0, 0.05) is 37.1 Å². The first-order chi connectivity index (χ1) is 11.5. The predicted octanol–water partition coefficient (Wildman–Crippen LogP) is 2.48. The lowest BCUT2D eigenvalue weighted by molar-refractivity contribution is 0.506. The number of nitrogens with one attached hydrogen (secondary N) is 3. The molecule has 0 aromatic heterocycles. The van der Waals surface area contributed by atoms with Crippen molar-refractivity contribution in [3.8, 4) is 0 Å². The number of hydrogen-bond donors (Lipinski definition) is 3. The maximum Gasteiger partial charge on any atom is 0.208 e. The van der Waals surface area contributed by atoms with Gasteiger partial charge in [-0.15, -0.1) is 24.0 Å². The third kappa shape index (κ3) is 9.33. The van der Waals surface area contributed by atoms with Crippen molar-refractivity contribution in [2.75, 3.05) is 32.9 Å². The molecular formula is C16H27ClFIN4O2S. The van der Waals surface area contributed by atoms with Gasteiger partial charge in [-0.1, -0.05) is 31.5 Å². The van der Waals surface area contributed by atoms with E-state index in [2.05, 4.69) is 20.3 Å². The van der Waals surface area contributed by atoms with Gasteiger partial charge in [0.05, 0.1) is 6.26 Å². The van der Waals surface area contributed by atoms with E-state index in [1.54, 1.807) is 13.1 Å². The van der Waals surface area contributed by atoms with Gasteiger partial charge in [0.1, 0.15) is 5.82 Å². The Bertz CT molecular complexity index is 714. The molecule has 0 aliphatic heterocycles. The predicted molar refractivity (Wildman–Crippen MR) is 117 cm³/mol. The van der Waals surface area contributed by atoms with Crippen LogP contribution in [0.4, 0.5) is 4.39 Å². The van der Waals surface area contributed by atoms with Crippen molar-refractivity contribution in [1.82, 2.24) is 15.4 Å². The van der Waals surface area contributed by atoms with E-state index in [-0.39, 0.29) is 35.2 Å². The average Bonchev–Trinajstić information content (AvgIpc) is 2.48. The van der Waals surface area contributed by atoms with Gasteiger partial charge in [-0.2, -0.15) is 0 Å². The number of hydrogen-bond acceptors (Lipinski definition) is 3. The van der Waals surface area contributed by atoms with Crippen LogP contribution < -0.4 is 15.4 Å². The van der Waals surface area contributed by atoms with Crippen LogP contribution in [0.25, 0.3) is 0 Å². The second-order valence-corrected chi connectivity index (χ2v) is 8.62. The minimum Gasteiger partial charge on any atom is -0.356 e. The highest BCUT2D eigenvalue weighted by Crippen LogP contribution is 2.29. The van der Waals surface area contributed by atoms with Crippen LogP contribution in [0, 0.1) is 5.82 Å². The number of nitrogens with zero attached hydrogens (tertiary/aromatic N) is 1. The highest BCUT2D eigenvalue weighted by molar-refractivity contribution is 14.0. The summed E-state index contributed by atoms with van der Waals surface area (Å²) >= 11 is 6.15. The van der Waals surface area contributed by atoms with Crippen LogP contribution in [-0.4, -0.2) is 47.3 Å². The van der Waals surface area contributed by atoms with Crippen LogP contribution in [0.5, 0.6) is 0 Å². The van der Waals surface area contributed by atoms with Gasteiger partial charge in [-0.05, 0) is 24.1 Å². The number of halogens is 3. The lowest BCUT2D eigenvalue weighted by atomic mass is 9.84. The summed E-state index contributed by atoms with van der Waals surface area (Å²) in [6.45, 7) is 5.48. The summed E-state index contributed by atoms with van der Waals surface area (Å²) in [6.07, 6.45) is 1.75. The van der Waals surface area contributed by atoms with E-state index in [0.29, 0.717) is 37.0 Å². The third-order valence-corrected chi connectivity index (χ3v) is 4.63. The second kappa shape index (κ2) is 11.3. The van der Waals surface area contributed by atoms with Crippen LogP contribution in [0.1, 0.15) is 25.8 Å². The smallest absolute Gasteiger partial charge is 0.208 e. The van der Waals surface area contributed by atoms with Crippen LogP contribution in [-0.2, 0) is 15.4 Å². The van der Waals surface area contributed by atoms with Crippen molar-refractivity contribution >= 4 is 51.6 Å². The molecule has 3 N–H and O–H groups in total. The van der Waals surface area contributed by atoms with Crippen molar-refractivity contribution in [3.05, 3.63) is 34.6 Å². The maximum absolute atomic E-state index is 13.2. The fourth-order valence-electron chi connectivity index (χ4n) is 2.21. The van der Waals surface area contributed by atoms with E-state index in [0.717, 1.165) is 11.8 Å². The lowest BCUT2D eigenvalue weighted by Crippen LogP contribution is -2.44. The lowest BCUT2D eigenvalue weighted by Gasteiger charge is -2.27. The summed E-state index contributed by atoms with van der Waals surface area (Å²) in [5.74, 6) is 0.239. The van der Waals surface area contributed by atoms with Gasteiger partial charge >= 0.3 is 0 Å². The Kier molecular flexibility index (Phi) is 11.0. The molecule has 0 unspecified atom stereocenters. The van der Waals surface area contributed by atoms with Crippen molar-refractivity contribution in [2.24, 2.45) is 4.99 Å². The Balaban J connectivity index is 0.00000625. The zero-order chi connectivity index (χ0) is 19.1. The van der Waals surface area contributed by atoms with Crippen LogP contribution in [0.3, 0.4) is 0 Å². The average molecular weight is 521 g/mol. The van der Waals surface area contributed by atoms with E-state index in [4.69, 9.17) is 11.6 Å². The van der Waals surface area contributed by atoms with Gasteiger partial charge in [-0.3, -0.25) is 4.99 Å². The van der Waals surface area contributed by atoms with Crippen molar-refractivity contribution in [1.29, 1.82) is 0 Å². The summed E-state index contributed by atoms with van der Waals surface area (Å²) in [6, 6.07) is 4.39. The van der Waals surface area contributed by atoms with E-state index in [1.165, 1.54) is 12.1 Å². The minimum absolute atomic E-state index is 0. The summed E-state index contributed by atoms with van der Waals surface area (Å²) in [5.41, 5.74) is 0.510. The molecule has 0 saturated heterocycles. The molecule has 0 amide bonds. The van der Waals surface area contributed by atoms with Crippen LogP contribution in [0.2, 0.25) is 5.02 Å². The van der Waals surface area contributed by atoms with Crippen molar-refractivity contribution in [2.45, 2.75) is 25.7 Å². The molecule has 0 bridgehead atoms. The molecule has 1 aromatic rings. The first-order valence-electron chi connectivity index (χ1n) is 7.90. The van der Waals surface area contributed by atoms with E-state index >= 15 is 0 Å². The molecule has 150 valence electrons. The normalized spacial score (nSPS) is 12.5. The van der Waals surface area contributed by atoms with Crippen molar-refractivity contribution < 1.29 is 12.8 Å². The molecular weight excluding hydrogens is 494 g/mol. The second-order valence-electron chi connectivity index (χ2n) is 6.38. The SMILES string of the molecule is CN=C(NCCCNS(C)(=O)=O)NCC(C)(C)c1ccc(F)cc1Cl.I. The van der Waals surface area contributed by atoms with Crippen molar-refractivity contribution in [3.63, 3.8) is 0 Å². The van der Waals surface area contributed by atoms with Crippen LogP contribution >= 0.6 is 35.6 Å².